The van der Waals surface area contributed by atoms with Gasteiger partial charge in [0.25, 0.3) is 10.0 Å². The standard InChI is InChI=1S/C18H16ClN3O3S.ClH/c19-18-15-11-13(12-21-10-4-7-17(21)23)22(16(15)8-9-20-18)26(24,25)14-5-2-1-3-6-14;/h1-3,5-6,8-9,11H,4,7,10,12H2;1H. The van der Waals surface area contributed by atoms with Crippen LogP contribution in [0.5, 0.6) is 0 Å². The normalized spacial score (nSPS) is 14.6. The summed E-state index contributed by atoms with van der Waals surface area (Å²) in [6.45, 7) is 0.841. The van der Waals surface area contributed by atoms with Crippen molar-refractivity contribution in [1.29, 1.82) is 0 Å². The molecule has 1 aromatic carbocycles. The highest BCUT2D eigenvalue weighted by molar-refractivity contribution is 7.90. The van der Waals surface area contributed by atoms with Crippen LogP contribution in [0.1, 0.15) is 18.5 Å². The van der Waals surface area contributed by atoms with Gasteiger partial charge in [-0.05, 0) is 30.7 Å². The van der Waals surface area contributed by atoms with E-state index in [0.717, 1.165) is 6.42 Å². The molecular weight excluding hydrogens is 409 g/mol. The van der Waals surface area contributed by atoms with E-state index < -0.39 is 10.0 Å². The molecule has 1 aliphatic rings. The Hall–Kier alpha value is -2.09. The number of carbonyl (C=O) groups excluding carboxylic acids is 1. The van der Waals surface area contributed by atoms with Gasteiger partial charge in [0.15, 0.2) is 0 Å². The zero-order valence-corrected chi connectivity index (χ0v) is 16.6. The van der Waals surface area contributed by atoms with E-state index in [1.807, 2.05) is 0 Å². The van der Waals surface area contributed by atoms with Crippen LogP contribution in [0.2, 0.25) is 5.15 Å². The number of carbonyl (C=O) groups is 1. The maximum Gasteiger partial charge on any atom is 0.268 e. The highest BCUT2D eigenvalue weighted by atomic mass is 35.5. The van der Waals surface area contributed by atoms with Crippen molar-refractivity contribution in [1.82, 2.24) is 13.9 Å². The van der Waals surface area contributed by atoms with Crippen LogP contribution in [0.15, 0.2) is 53.6 Å². The Kier molecular flexibility index (Phi) is 5.46. The van der Waals surface area contributed by atoms with Crippen molar-refractivity contribution in [2.45, 2.75) is 24.3 Å². The average molecular weight is 426 g/mol. The van der Waals surface area contributed by atoms with Gasteiger partial charge in [-0.2, -0.15) is 0 Å². The number of hydrogen-bond acceptors (Lipinski definition) is 4. The van der Waals surface area contributed by atoms with Gasteiger partial charge in [0, 0.05) is 24.5 Å². The third kappa shape index (κ3) is 3.42. The van der Waals surface area contributed by atoms with Gasteiger partial charge in [-0.25, -0.2) is 17.4 Å². The Morgan fingerprint density at radius 1 is 1.15 bits per heavy atom. The molecule has 6 nitrogen and oxygen atoms in total. The van der Waals surface area contributed by atoms with Gasteiger partial charge in [0.05, 0.1) is 22.7 Å². The second kappa shape index (κ2) is 7.50. The number of halogens is 2. The summed E-state index contributed by atoms with van der Waals surface area (Å²) < 4.78 is 27.9. The van der Waals surface area contributed by atoms with Gasteiger partial charge in [0.1, 0.15) is 5.15 Å². The third-order valence-electron chi connectivity index (χ3n) is 4.51. The summed E-state index contributed by atoms with van der Waals surface area (Å²) in [5.41, 5.74) is 0.949. The number of fused-ring (bicyclic) bond motifs is 1. The maximum absolute atomic E-state index is 13.3. The molecule has 27 heavy (non-hydrogen) atoms. The zero-order valence-electron chi connectivity index (χ0n) is 14.2. The number of rotatable bonds is 4. The summed E-state index contributed by atoms with van der Waals surface area (Å²) in [6, 6.07) is 11.5. The average Bonchev–Trinajstić information content (AvgIpc) is 3.21. The molecule has 0 aliphatic carbocycles. The first-order valence-electron chi connectivity index (χ1n) is 8.22. The molecule has 0 spiro atoms. The van der Waals surface area contributed by atoms with Crippen molar-refractivity contribution in [3.8, 4) is 0 Å². The molecule has 0 N–H and O–H groups in total. The van der Waals surface area contributed by atoms with Crippen LogP contribution in [0.3, 0.4) is 0 Å². The highest BCUT2D eigenvalue weighted by Gasteiger charge is 2.27. The van der Waals surface area contributed by atoms with Crippen molar-refractivity contribution in [3.63, 3.8) is 0 Å². The predicted molar refractivity (Wildman–Crippen MR) is 106 cm³/mol. The molecule has 0 saturated carbocycles. The molecule has 1 amide bonds. The number of nitrogens with zero attached hydrogens (tertiary/aromatic N) is 3. The summed E-state index contributed by atoms with van der Waals surface area (Å²) in [4.78, 5) is 17.9. The number of hydrogen-bond donors (Lipinski definition) is 0. The lowest BCUT2D eigenvalue weighted by molar-refractivity contribution is -0.128. The smallest absolute Gasteiger partial charge is 0.268 e. The minimum atomic E-state index is -3.84. The van der Waals surface area contributed by atoms with E-state index in [2.05, 4.69) is 4.98 Å². The van der Waals surface area contributed by atoms with E-state index in [1.165, 1.54) is 10.2 Å². The summed E-state index contributed by atoms with van der Waals surface area (Å²) in [5.74, 6) is 0.0307. The fourth-order valence-electron chi connectivity index (χ4n) is 3.29. The molecule has 3 aromatic rings. The quantitative estimate of drug-likeness (QED) is 0.599. The first-order chi connectivity index (χ1) is 12.5. The van der Waals surface area contributed by atoms with Crippen LogP contribution in [0, 0.1) is 0 Å². The van der Waals surface area contributed by atoms with Gasteiger partial charge >= 0.3 is 0 Å². The third-order valence-corrected chi connectivity index (χ3v) is 6.60. The number of amides is 1. The van der Waals surface area contributed by atoms with Gasteiger partial charge < -0.3 is 4.90 Å². The fraction of sp³-hybridized carbons (Fsp3) is 0.222. The fourth-order valence-corrected chi connectivity index (χ4v) is 5.04. The molecule has 3 heterocycles. The van der Waals surface area contributed by atoms with Crippen LogP contribution >= 0.6 is 24.0 Å². The molecule has 0 bridgehead atoms. The van der Waals surface area contributed by atoms with E-state index in [0.29, 0.717) is 29.6 Å². The minimum Gasteiger partial charge on any atom is -0.337 e. The van der Waals surface area contributed by atoms with Crippen molar-refractivity contribution < 1.29 is 13.2 Å². The van der Waals surface area contributed by atoms with E-state index in [-0.39, 0.29) is 34.9 Å². The molecule has 142 valence electrons. The molecule has 4 rings (SSSR count). The SMILES string of the molecule is Cl.O=C1CCCN1Cc1cc2c(Cl)nccc2n1S(=O)(=O)c1ccccc1. The van der Waals surface area contributed by atoms with E-state index in [4.69, 9.17) is 11.6 Å². The second-order valence-electron chi connectivity index (χ2n) is 6.17. The highest BCUT2D eigenvalue weighted by Crippen LogP contribution is 2.30. The summed E-state index contributed by atoms with van der Waals surface area (Å²) >= 11 is 6.18. The summed E-state index contributed by atoms with van der Waals surface area (Å²) in [5, 5.41) is 0.786. The van der Waals surface area contributed by atoms with E-state index in [1.54, 1.807) is 47.4 Å². The van der Waals surface area contributed by atoms with E-state index >= 15 is 0 Å². The van der Waals surface area contributed by atoms with Crippen molar-refractivity contribution in [2.24, 2.45) is 0 Å². The van der Waals surface area contributed by atoms with Crippen LogP contribution in [0.4, 0.5) is 0 Å². The Balaban J connectivity index is 0.00000210. The van der Waals surface area contributed by atoms with Gasteiger partial charge in [-0.3, -0.25) is 4.79 Å². The Morgan fingerprint density at radius 3 is 2.56 bits per heavy atom. The molecule has 2 aromatic heterocycles. The molecule has 1 fully saturated rings. The Labute approximate surface area is 168 Å². The first kappa shape index (κ1) is 19.7. The lowest BCUT2D eigenvalue weighted by atomic mass is 10.3. The molecular formula is C18H17Cl2N3O3S. The van der Waals surface area contributed by atoms with Crippen LogP contribution < -0.4 is 0 Å². The summed E-state index contributed by atoms with van der Waals surface area (Å²) in [6.07, 6.45) is 2.76. The molecule has 0 radical (unpaired) electrons. The van der Waals surface area contributed by atoms with Gasteiger partial charge in [-0.15, -0.1) is 12.4 Å². The topological polar surface area (TPSA) is 72.3 Å². The second-order valence-corrected chi connectivity index (χ2v) is 8.32. The lowest BCUT2D eigenvalue weighted by Gasteiger charge is -2.18. The van der Waals surface area contributed by atoms with Crippen molar-refractivity contribution >= 4 is 50.8 Å². The Bertz CT molecular complexity index is 1100. The number of pyridine rings is 1. The number of likely N-dealkylation sites (tertiary alicyclic amines) is 1. The van der Waals surface area contributed by atoms with Gasteiger partial charge in [0.2, 0.25) is 5.91 Å². The van der Waals surface area contributed by atoms with Crippen LogP contribution in [-0.4, -0.2) is 34.7 Å². The van der Waals surface area contributed by atoms with Crippen LogP contribution in [0.25, 0.3) is 10.9 Å². The number of aromatic nitrogens is 2. The molecule has 9 heteroatoms. The number of benzene rings is 1. The largest absolute Gasteiger partial charge is 0.337 e. The monoisotopic (exact) mass is 425 g/mol. The van der Waals surface area contributed by atoms with Gasteiger partial charge in [-0.1, -0.05) is 29.8 Å². The van der Waals surface area contributed by atoms with Crippen LogP contribution in [-0.2, 0) is 21.4 Å². The lowest BCUT2D eigenvalue weighted by Crippen LogP contribution is -2.26. The predicted octanol–water partition coefficient (Wildman–Crippen LogP) is 3.47. The minimum absolute atomic E-state index is 0. The Morgan fingerprint density at radius 2 is 1.89 bits per heavy atom. The molecule has 1 aliphatic heterocycles. The van der Waals surface area contributed by atoms with Crippen molar-refractivity contribution in [3.05, 3.63) is 59.5 Å². The summed E-state index contributed by atoms with van der Waals surface area (Å²) in [7, 11) is -3.84. The molecule has 1 saturated heterocycles. The first-order valence-corrected chi connectivity index (χ1v) is 10.0. The van der Waals surface area contributed by atoms with Crippen molar-refractivity contribution in [2.75, 3.05) is 6.54 Å². The maximum atomic E-state index is 13.3. The molecule has 0 unspecified atom stereocenters. The zero-order chi connectivity index (χ0) is 18.3. The molecule has 0 atom stereocenters. The van der Waals surface area contributed by atoms with E-state index in [9.17, 15) is 13.2 Å².